The van der Waals surface area contributed by atoms with Crippen LogP contribution in [-0.4, -0.2) is 15.4 Å². The molecule has 0 spiro atoms. The second-order valence-electron chi connectivity index (χ2n) is 1.91. The molecular weight excluding hydrogens is 207 g/mol. The third kappa shape index (κ3) is 5.42. The Balaban J connectivity index is 0. The van der Waals surface area contributed by atoms with Gasteiger partial charge in [0.25, 0.3) is 0 Å². The van der Waals surface area contributed by atoms with Gasteiger partial charge in [-0.2, -0.15) is 11.3 Å². The Labute approximate surface area is 101 Å². The minimum absolute atomic E-state index is 0. The van der Waals surface area contributed by atoms with Crippen molar-refractivity contribution in [1.82, 2.24) is 0 Å². The normalized spacial score (nSPS) is 12.1. The maximum atomic E-state index is 9.91. The molecule has 3 nitrogen and oxygen atoms in total. The van der Waals surface area contributed by atoms with E-state index in [1.54, 1.807) is 11.3 Å². The fourth-order valence-corrected chi connectivity index (χ4v) is 1.59. The van der Waals surface area contributed by atoms with Crippen molar-refractivity contribution < 1.29 is 43.9 Å². The van der Waals surface area contributed by atoms with Gasteiger partial charge >= 0.3 is 29.6 Å². The first-order chi connectivity index (χ1) is 5.29. The molecule has 1 aromatic rings. The standard InChI is InChI=1S/C6H8O3S2.Na.H/c7-11(8)9-3-1-6-2-4-10-5-6;;/h2,4-5H,1,3H2,(H,7,8);;/q;+1;-1/p-1. The van der Waals surface area contributed by atoms with Crippen LogP contribution in [0.2, 0.25) is 0 Å². The Kier molecular flexibility index (Phi) is 7.66. The molecule has 0 amide bonds. The van der Waals surface area contributed by atoms with E-state index < -0.39 is 11.4 Å². The summed E-state index contributed by atoms with van der Waals surface area (Å²) in [5, 5.41) is 3.92. The Hall–Kier alpha value is 0.770. The van der Waals surface area contributed by atoms with Gasteiger partial charge in [0.2, 0.25) is 0 Å². The number of thiophene rings is 1. The number of hydrogen-bond donors (Lipinski definition) is 0. The molecule has 0 aliphatic rings. The summed E-state index contributed by atoms with van der Waals surface area (Å²) in [7, 11) is 0. The minimum atomic E-state index is -2.37. The van der Waals surface area contributed by atoms with E-state index >= 15 is 0 Å². The Bertz CT molecular complexity index is 230. The van der Waals surface area contributed by atoms with Crippen LogP contribution in [0.1, 0.15) is 6.99 Å². The maximum absolute atomic E-state index is 9.91. The number of hydrogen-bond acceptors (Lipinski definition) is 4. The van der Waals surface area contributed by atoms with E-state index in [1.807, 2.05) is 16.8 Å². The molecule has 0 saturated carbocycles. The maximum Gasteiger partial charge on any atom is 1.00 e. The van der Waals surface area contributed by atoms with E-state index in [-0.39, 0.29) is 37.6 Å². The first-order valence-electron chi connectivity index (χ1n) is 3.02. The van der Waals surface area contributed by atoms with Crippen molar-refractivity contribution in [3.8, 4) is 0 Å². The fourth-order valence-electron chi connectivity index (χ4n) is 0.662. The van der Waals surface area contributed by atoms with Gasteiger partial charge in [-0.1, -0.05) is 0 Å². The molecule has 1 heterocycles. The van der Waals surface area contributed by atoms with Crippen LogP contribution in [0.15, 0.2) is 16.8 Å². The van der Waals surface area contributed by atoms with Crippen molar-refractivity contribution in [1.29, 1.82) is 0 Å². The molecule has 6 heteroatoms. The van der Waals surface area contributed by atoms with Gasteiger partial charge in [0.15, 0.2) is 0 Å². The van der Waals surface area contributed by atoms with E-state index in [0.717, 1.165) is 5.56 Å². The summed E-state index contributed by atoms with van der Waals surface area (Å²) in [4.78, 5) is 0. The molecule has 0 aliphatic heterocycles. The smallest absolute Gasteiger partial charge is 1.00 e. The summed E-state index contributed by atoms with van der Waals surface area (Å²) in [5.41, 5.74) is 1.11. The molecule has 0 aliphatic carbocycles. The Morgan fingerprint density at radius 3 is 3.00 bits per heavy atom. The van der Waals surface area contributed by atoms with Crippen molar-refractivity contribution in [2.24, 2.45) is 0 Å². The summed E-state index contributed by atoms with van der Waals surface area (Å²) in [5.74, 6) is 0. The van der Waals surface area contributed by atoms with Crippen LogP contribution in [0.5, 0.6) is 0 Å². The summed E-state index contributed by atoms with van der Waals surface area (Å²) in [6.45, 7) is 0.229. The van der Waals surface area contributed by atoms with E-state index in [1.165, 1.54) is 0 Å². The second kappa shape index (κ2) is 7.20. The average molecular weight is 215 g/mol. The van der Waals surface area contributed by atoms with Gasteiger partial charge < -0.3 is 10.2 Å². The van der Waals surface area contributed by atoms with Gasteiger partial charge in [-0.3, -0.25) is 0 Å². The largest absolute Gasteiger partial charge is 1.00 e. The van der Waals surface area contributed by atoms with Crippen LogP contribution in [0.3, 0.4) is 0 Å². The molecule has 1 atom stereocenters. The summed E-state index contributed by atoms with van der Waals surface area (Å²) < 4.78 is 24.2. The van der Waals surface area contributed by atoms with Crippen LogP contribution in [0.4, 0.5) is 0 Å². The van der Waals surface area contributed by atoms with E-state index in [2.05, 4.69) is 4.18 Å². The molecule has 0 N–H and O–H groups in total. The van der Waals surface area contributed by atoms with E-state index in [4.69, 9.17) is 0 Å². The molecule has 12 heavy (non-hydrogen) atoms. The zero-order valence-corrected chi connectivity index (χ0v) is 10.3. The Morgan fingerprint density at radius 2 is 2.50 bits per heavy atom. The first-order valence-corrected chi connectivity index (χ1v) is 4.97. The van der Waals surface area contributed by atoms with Gasteiger partial charge in [0.05, 0.1) is 18.0 Å². The van der Waals surface area contributed by atoms with Crippen molar-refractivity contribution in [2.75, 3.05) is 6.61 Å². The van der Waals surface area contributed by atoms with Crippen LogP contribution in [-0.2, 0) is 22.0 Å². The van der Waals surface area contributed by atoms with Gasteiger partial charge in [-0.15, -0.1) is 0 Å². The average Bonchev–Trinajstić information content (AvgIpc) is 2.39. The van der Waals surface area contributed by atoms with E-state index in [0.29, 0.717) is 6.42 Å². The quantitative estimate of drug-likeness (QED) is 0.440. The predicted molar refractivity (Wildman–Crippen MR) is 44.0 cm³/mol. The second-order valence-corrected chi connectivity index (χ2v) is 3.33. The van der Waals surface area contributed by atoms with Crippen LogP contribution in [0.25, 0.3) is 0 Å². The molecule has 1 unspecified atom stereocenters. The van der Waals surface area contributed by atoms with Crippen LogP contribution in [0, 0.1) is 0 Å². The van der Waals surface area contributed by atoms with E-state index in [9.17, 15) is 8.76 Å². The molecule has 0 bridgehead atoms. The van der Waals surface area contributed by atoms with Crippen LogP contribution >= 0.6 is 11.3 Å². The van der Waals surface area contributed by atoms with Gasteiger partial charge in [-0.25, -0.2) is 4.21 Å². The zero-order chi connectivity index (χ0) is 8.10. The minimum Gasteiger partial charge on any atom is -1.00 e. The summed E-state index contributed by atoms with van der Waals surface area (Å²) >= 11 is -0.785. The van der Waals surface area contributed by atoms with Gasteiger partial charge in [0.1, 0.15) is 0 Å². The summed E-state index contributed by atoms with van der Waals surface area (Å²) in [6, 6.07) is 1.95. The molecule has 0 aromatic carbocycles. The third-order valence-corrected chi connectivity index (χ3v) is 2.24. The zero-order valence-electron chi connectivity index (χ0n) is 7.69. The molecule has 1 rings (SSSR count). The van der Waals surface area contributed by atoms with Crippen molar-refractivity contribution >= 4 is 22.7 Å². The SMILES string of the molecule is O=S([O-])OCCc1ccsc1.[H-].[Na+]. The van der Waals surface area contributed by atoms with Gasteiger partial charge in [-0.05, 0) is 28.8 Å². The van der Waals surface area contributed by atoms with Crippen molar-refractivity contribution in [3.05, 3.63) is 22.4 Å². The molecular formula is C6H8NaO3S2-. The van der Waals surface area contributed by atoms with Crippen molar-refractivity contribution in [3.63, 3.8) is 0 Å². The van der Waals surface area contributed by atoms with Gasteiger partial charge in [0, 0.05) is 0 Å². The molecule has 64 valence electrons. The molecule has 0 saturated heterocycles. The number of rotatable bonds is 4. The third-order valence-electron chi connectivity index (χ3n) is 1.15. The monoisotopic (exact) mass is 215 g/mol. The molecule has 0 fully saturated rings. The molecule has 0 radical (unpaired) electrons. The van der Waals surface area contributed by atoms with Crippen LogP contribution < -0.4 is 29.6 Å². The summed E-state index contributed by atoms with van der Waals surface area (Å²) in [6.07, 6.45) is 0.650. The fraction of sp³-hybridized carbons (Fsp3) is 0.333. The topological polar surface area (TPSA) is 49.4 Å². The molecule has 1 aromatic heterocycles. The van der Waals surface area contributed by atoms with Crippen molar-refractivity contribution in [2.45, 2.75) is 6.42 Å². The first kappa shape index (κ1) is 12.8. The predicted octanol–water partition coefficient (Wildman–Crippen LogP) is -1.78. The Morgan fingerprint density at radius 1 is 1.75 bits per heavy atom.